The lowest BCUT2D eigenvalue weighted by Gasteiger charge is -2.04. The summed E-state index contributed by atoms with van der Waals surface area (Å²) < 4.78 is 13.5. The van der Waals surface area contributed by atoms with Gasteiger partial charge in [0, 0.05) is 5.56 Å². The smallest absolute Gasteiger partial charge is 0.172 e. The number of rotatable bonds is 1. The minimum absolute atomic E-state index is 0.312. The van der Waals surface area contributed by atoms with Crippen LogP contribution in [0.4, 0.5) is 4.39 Å². The van der Waals surface area contributed by atoms with Gasteiger partial charge in [-0.25, -0.2) is 4.39 Å². The van der Waals surface area contributed by atoms with Crippen LogP contribution in [-0.4, -0.2) is 5.11 Å². The van der Waals surface area contributed by atoms with Crippen LogP contribution in [0.15, 0.2) is 42.5 Å². The summed E-state index contributed by atoms with van der Waals surface area (Å²) in [4.78, 5) is 0. The molecule has 0 heterocycles. The topological polar surface area (TPSA) is 20.2 Å². The van der Waals surface area contributed by atoms with Crippen LogP contribution in [0, 0.1) is 12.7 Å². The normalized spacial score (nSPS) is 10.3. The van der Waals surface area contributed by atoms with Gasteiger partial charge in [-0.2, -0.15) is 0 Å². The van der Waals surface area contributed by atoms with Gasteiger partial charge in [0.1, 0.15) is 0 Å². The Hall–Kier alpha value is -1.83. The average molecular weight is 202 g/mol. The van der Waals surface area contributed by atoms with Crippen LogP contribution in [-0.2, 0) is 0 Å². The van der Waals surface area contributed by atoms with Gasteiger partial charge < -0.3 is 5.11 Å². The van der Waals surface area contributed by atoms with E-state index in [2.05, 4.69) is 0 Å². The molecule has 0 amide bonds. The molecular formula is C13H11FO. The average Bonchev–Trinajstić information content (AvgIpc) is 2.24. The molecule has 0 aliphatic rings. The summed E-state index contributed by atoms with van der Waals surface area (Å²) in [5.74, 6) is -0.880. The molecule has 0 saturated carbocycles. The van der Waals surface area contributed by atoms with E-state index >= 15 is 0 Å². The SMILES string of the molecule is Cc1ccc(-c2cccc(O)c2F)cc1. The predicted molar refractivity (Wildman–Crippen MR) is 58.2 cm³/mol. The third kappa shape index (κ3) is 1.84. The quantitative estimate of drug-likeness (QED) is 0.750. The van der Waals surface area contributed by atoms with Gasteiger partial charge in [0.05, 0.1) is 0 Å². The second kappa shape index (κ2) is 3.73. The molecule has 2 heteroatoms. The van der Waals surface area contributed by atoms with Crippen molar-refractivity contribution in [3.05, 3.63) is 53.8 Å². The summed E-state index contributed by atoms with van der Waals surface area (Å²) in [5.41, 5.74) is 2.32. The molecule has 1 nitrogen and oxygen atoms in total. The van der Waals surface area contributed by atoms with Crippen LogP contribution in [0.2, 0.25) is 0 Å². The largest absolute Gasteiger partial charge is 0.505 e. The Kier molecular flexibility index (Phi) is 2.42. The van der Waals surface area contributed by atoms with E-state index in [1.807, 2.05) is 31.2 Å². The highest BCUT2D eigenvalue weighted by atomic mass is 19.1. The van der Waals surface area contributed by atoms with E-state index in [0.717, 1.165) is 11.1 Å². The van der Waals surface area contributed by atoms with E-state index in [1.54, 1.807) is 12.1 Å². The van der Waals surface area contributed by atoms with Crippen LogP contribution in [0.5, 0.6) is 5.75 Å². The van der Waals surface area contributed by atoms with Crippen molar-refractivity contribution in [3.8, 4) is 16.9 Å². The van der Waals surface area contributed by atoms with Crippen molar-refractivity contribution in [3.63, 3.8) is 0 Å². The number of phenolic OH excluding ortho intramolecular Hbond substituents is 1. The highest BCUT2D eigenvalue weighted by Crippen LogP contribution is 2.28. The van der Waals surface area contributed by atoms with Gasteiger partial charge in [-0.05, 0) is 18.6 Å². The van der Waals surface area contributed by atoms with Crippen LogP contribution < -0.4 is 0 Å². The lowest BCUT2D eigenvalue weighted by molar-refractivity contribution is 0.433. The highest BCUT2D eigenvalue weighted by molar-refractivity contribution is 5.66. The first kappa shape index (κ1) is 9.71. The number of halogens is 1. The summed E-state index contributed by atoms with van der Waals surface area (Å²) in [6.07, 6.45) is 0. The zero-order valence-electron chi connectivity index (χ0n) is 8.37. The Morgan fingerprint density at radius 1 is 1.00 bits per heavy atom. The third-order valence-corrected chi connectivity index (χ3v) is 2.34. The number of aromatic hydroxyl groups is 1. The van der Waals surface area contributed by atoms with E-state index in [4.69, 9.17) is 0 Å². The van der Waals surface area contributed by atoms with Crippen molar-refractivity contribution < 1.29 is 9.50 Å². The van der Waals surface area contributed by atoms with E-state index < -0.39 is 5.82 Å². The van der Waals surface area contributed by atoms with Crippen molar-refractivity contribution in [1.82, 2.24) is 0 Å². The molecule has 2 rings (SSSR count). The van der Waals surface area contributed by atoms with Gasteiger partial charge in [-0.15, -0.1) is 0 Å². The number of phenols is 1. The van der Waals surface area contributed by atoms with Gasteiger partial charge in [0.15, 0.2) is 11.6 Å². The van der Waals surface area contributed by atoms with Crippen molar-refractivity contribution in [2.75, 3.05) is 0 Å². The van der Waals surface area contributed by atoms with Crippen LogP contribution in [0.25, 0.3) is 11.1 Å². The fourth-order valence-electron chi connectivity index (χ4n) is 1.48. The molecule has 1 N–H and O–H groups in total. The van der Waals surface area contributed by atoms with Gasteiger partial charge in [-0.3, -0.25) is 0 Å². The maximum Gasteiger partial charge on any atom is 0.172 e. The molecular weight excluding hydrogens is 191 g/mol. The number of aryl methyl sites for hydroxylation is 1. The first-order valence-corrected chi connectivity index (χ1v) is 4.73. The van der Waals surface area contributed by atoms with Crippen LogP contribution in [0.3, 0.4) is 0 Å². The molecule has 2 aromatic carbocycles. The molecule has 0 aliphatic heterocycles. The first-order chi connectivity index (χ1) is 7.18. The Labute approximate surface area is 87.8 Å². The Bertz CT molecular complexity index is 474. The molecule has 15 heavy (non-hydrogen) atoms. The molecule has 0 atom stereocenters. The fraction of sp³-hybridized carbons (Fsp3) is 0.0769. The summed E-state index contributed by atoms with van der Waals surface area (Å²) in [5, 5.41) is 9.24. The van der Waals surface area contributed by atoms with Crippen molar-refractivity contribution >= 4 is 0 Å². The maximum atomic E-state index is 13.5. The summed E-state index contributed by atoms with van der Waals surface area (Å²) in [6.45, 7) is 1.97. The van der Waals surface area contributed by atoms with Crippen LogP contribution >= 0.6 is 0 Å². The molecule has 0 saturated heterocycles. The van der Waals surface area contributed by atoms with E-state index in [0.29, 0.717) is 5.56 Å². The molecule has 0 aliphatic carbocycles. The van der Waals surface area contributed by atoms with E-state index in [9.17, 15) is 9.50 Å². The lowest BCUT2D eigenvalue weighted by Crippen LogP contribution is -1.84. The Morgan fingerprint density at radius 2 is 1.67 bits per heavy atom. The third-order valence-electron chi connectivity index (χ3n) is 2.34. The van der Waals surface area contributed by atoms with Crippen molar-refractivity contribution in [1.29, 1.82) is 0 Å². The van der Waals surface area contributed by atoms with Gasteiger partial charge >= 0.3 is 0 Å². The maximum absolute atomic E-state index is 13.5. The standard InChI is InChI=1S/C13H11FO/c1-9-5-7-10(8-6-9)11-3-2-4-12(15)13(11)14/h2-8,15H,1H3. The highest BCUT2D eigenvalue weighted by Gasteiger charge is 2.07. The predicted octanol–water partition coefficient (Wildman–Crippen LogP) is 3.51. The zero-order chi connectivity index (χ0) is 10.8. The monoisotopic (exact) mass is 202 g/mol. The van der Waals surface area contributed by atoms with Gasteiger partial charge in [-0.1, -0.05) is 42.0 Å². The first-order valence-electron chi connectivity index (χ1n) is 4.73. The van der Waals surface area contributed by atoms with E-state index in [-0.39, 0.29) is 5.75 Å². The molecule has 0 bridgehead atoms. The minimum atomic E-state index is -0.568. The minimum Gasteiger partial charge on any atom is -0.505 e. The zero-order valence-corrected chi connectivity index (χ0v) is 8.37. The Morgan fingerprint density at radius 3 is 2.33 bits per heavy atom. The fourth-order valence-corrected chi connectivity index (χ4v) is 1.48. The van der Waals surface area contributed by atoms with Gasteiger partial charge in [0.25, 0.3) is 0 Å². The van der Waals surface area contributed by atoms with Crippen molar-refractivity contribution in [2.45, 2.75) is 6.92 Å². The molecule has 0 unspecified atom stereocenters. The summed E-state index contributed by atoms with van der Waals surface area (Å²) in [6, 6.07) is 12.1. The number of hydrogen-bond acceptors (Lipinski definition) is 1. The molecule has 2 aromatic rings. The molecule has 0 fully saturated rings. The van der Waals surface area contributed by atoms with Crippen LogP contribution in [0.1, 0.15) is 5.56 Å². The number of hydrogen-bond donors (Lipinski definition) is 1. The van der Waals surface area contributed by atoms with Gasteiger partial charge in [0.2, 0.25) is 0 Å². The molecule has 0 radical (unpaired) electrons. The van der Waals surface area contributed by atoms with Crippen molar-refractivity contribution in [2.24, 2.45) is 0 Å². The Balaban J connectivity index is 2.54. The van der Waals surface area contributed by atoms with E-state index in [1.165, 1.54) is 6.07 Å². The lowest BCUT2D eigenvalue weighted by atomic mass is 10.0. The second-order valence-corrected chi connectivity index (χ2v) is 3.50. The molecule has 0 spiro atoms. The summed E-state index contributed by atoms with van der Waals surface area (Å²) in [7, 11) is 0. The molecule has 0 aromatic heterocycles. The summed E-state index contributed by atoms with van der Waals surface area (Å²) >= 11 is 0. The molecule has 76 valence electrons. The number of benzene rings is 2. The second-order valence-electron chi connectivity index (χ2n) is 3.50.